The number of amides is 2. The summed E-state index contributed by atoms with van der Waals surface area (Å²) < 4.78 is 20.0. The number of benzene rings is 3. The minimum atomic E-state index is -0.349. The second-order valence-electron chi connectivity index (χ2n) is 8.05. The van der Waals surface area contributed by atoms with Crippen molar-refractivity contribution in [2.45, 2.75) is 25.0 Å². The zero-order chi connectivity index (χ0) is 24.8. The summed E-state index contributed by atoms with van der Waals surface area (Å²) in [5.74, 6) is -0.933. The highest BCUT2D eigenvalue weighted by Gasteiger charge is 2.27. The maximum Gasteiger partial charge on any atom is 0.257 e. The van der Waals surface area contributed by atoms with E-state index in [2.05, 4.69) is 31.9 Å². The first-order valence-corrected chi connectivity index (χ1v) is 12.3. The zero-order valence-corrected chi connectivity index (χ0v) is 21.0. The molecular formula is C26H23BrFN3O3S. The largest absolute Gasteiger partial charge is 0.368 e. The van der Waals surface area contributed by atoms with Crippen LogP contribution in [0.5, 0.6) is 0 Å². The molecule has 1 aliphatic heterocycles. The number of hydrogen-bond donors (Lipinski definition) is 3. The SMILES string of the molecule is O=C(NC(=S)Nc1cc(Br)ccc1C(=O)NCC1CCC(c2ccc(F)cc2)O1)c1ccccc1. The van der Waals surface area contributed by atoms with Gasteiger partial charge >= 0.3 is 0 Å². The van der Waals surface area contributed by atoms with Gasteiger partial charge in [0.1, 0.15) is 5.82 Å². The summed E-state index contributed by atoms with van der Waals surface area (Å²) in [6.45, 7) is 0.335. The van der Waals surface area contributed by atoms with Crippen molar-refractivity contribution in [2.24, 2.45) is 0 Å². The molecule has 180 valence electrons. The molecule has 1 aliphatic rings. The summed E-state index contributed by atoms with van der Waals surface area (Å²) >= 11 is 8.69. The van der Waals surface area contributed by atoms with Crippen molar-refractivity contribution >= 4 is 50.8 Å². The van der Waals surface area contributed by atoms with Crippen LogP contribution in [0.1, 0.15) is 45.2 Å². The van der Waals surface area contributed by atoms with E-state index in [1.54, 1.807) is 54.6 Å². The normalized spacial score (nSPS) is 17.0. The third-order valence-corrected chi connectivity index (χ3v) is 6.27. The van der Waals surface area contributed by atoms with Gasteiger partial charge in [-0.3, -0.25) is 14.9 Å². The maximum atomic E-state index is 13.2. The standard InChI is InChI=1S/C26H23BrFN3O3S/c27-18-8-12-21(22(14-18)30-26(35)31-24(32)17-4-2-1-3-5-17)25(33)29-15-20-11-13-23(34-20)16-6-9-19(28)10-7-16/h1-10,12,14,20,23H,11,13,15H2,(H,29,33)(H2,30,31,32,35). The molecule has 6 nitrogen and oxygen atoms in total. The smallest absolute Gasteiger partial charge is 0.257 e. The Bertz CT molecular complexity index is 1220. The number of rotatable bonds is 6. The molecule has 1 heterocycles. The highest BCUT2D eigenvalue weighted by molar-refractivity contribution is 9.10. The Morgan fingerprint density at radius 2 is 1.74 bits per heavy atom. The van der Waals surface area contributed by atoms with Gasteiger partial charge in [-0.25, -0.2) is 4.39 Å². The van der Waals surface area contributed by atoms with E-state index >= 15 is 0 Å². The molecule has 9 heteroatoms. The van der Waals surface area contributed by atoms with E-state index < -0.39 is 0 Å². The van der Waals surface area contributed by atoms with Crippen LogP contribution in [0.4, 0.5) is 10.1 Å². The molecule has 0 spiro atoms. The van der Waals surface area contributed by atoms with E-state index in [1.165, 1.54) is 12.1 Å². The van der Waals surface area contributed by atoms with E-state index in [1.807, 2.05) is 6.07 Å². The summed E-state index contributed by atoms with van der Waals surface area (Å²) in [4.78, 5) is 25.3. The van der Waals surface area contributed by atoms with Crippen molar-refractivity contribution in [1.29, 1.82) is 0 Å². The van der Waals surface area contributed by atoms with Crippen molar-refractivity contribution < 1.29 is 18.7 Å². The summed E-state index contributed by atoms with van der Waals surface area (Å²) in [6.07, 6.45) is 1.32. The molecule has 3 aromatic rings. The van der Waals surface area contributed by atoms with Crippen LogP contribution >= 0.6 is 28.1 Å². The van der Waals surface area contributed by atoms with Crippen LogP contribution in [0.15, 0.2) is 77.3 Å². The molecule has 0 bridgehead atoms. The van der Waals surface area contributed by atoms with Gasteiger partial charge in [-0.15, -0.1) is 0 Å². The fourth-order valence-corrected chi connectivity index (χ4v) is 4.38. The summed E-state index contributed by atoms with van der Waals surface area (Å²) in [7, 11) is 0. The van der Waals surface area contributed by atoms with E-state index in [0.717, 1.165) is 22.9 Å². The lowest BCUT2D eigenvalue weighted by Gasteiger charge is -2.17. The van der Waals surface area contributed by atoms with E-state index in [0.29, 0.717) is 23.4 Å². The number of thiocarbonyl (C=S) groups is 1. The van der Waals surface area contributed by atoms with Gasteiger partial charge in [0.15, 0.2) is 5.11 Å². The molecule has 2 amide bonds. The summed E-state index contributed by atoms with van der Waals surface area (Å²) in [5.41, 5.74) is 2.22. The number of hydrogen-bond acceptors (Lipinski definition) is 4. The summed E-state index contributed by atoms with van der Waals surface area (Å²) in [6, 6.07) is 20.1. The topological polar surface area (TPSA) is 79.5 Å². The highest BCUT2D eigenvalue weighted by Crippen LogP contribution is 2.32. The number of anilines is 1. The van der Waals surface area contributed by atoms with Crippen molar-refractivity contribution in [3.8, 4) is 0 Å². The van der Waals surface area contributed by atoms with Gasteiger partial charge in [-0.2, -0.15) is 0 Å². The van der Waals surface area contributed by atoms with Crippen LogP contribution in [0.25, 0.3) is 0 Å². The van der Waals surface area contributed by atoms with Crippen molar-refractivity contribution in [3.05, 3.63) is 99.8 Å². The fraction of sp³-hybridized carbons (Fsp3) is 0.192. The number of carbonyl (C=O) groups excluding carboxylic acids is 2. The van der Waals surface area contributed by atoms with Crippen molar-refractivity contribution in [2.75, 3.05) is 11.9 Å². The molecule has 3 aromatic carbocycles. The Balaban J connectivity index is 1.34. The van der Waals surface area contributed by atoms with Crippen LogP contribution in [0, 0.1) is 5.82 Å². The van der Waals surface area contributed by atoms with E-state index in [9.17, 15) is 14.0 Å². The van der Waals surface area contributed by atoms with Crippen LogP contribution in [-0.4, -0.2) is 29.6 Å². The predicted molar refractivity (Wildman–Crippen MR) is 140 cm³/mol. The average molecular weight is 556 g/mol. The Labute approximate surface area is 216 Å². The lowest BCUT2D eigenvalue weighted by molar-refractivity contribution is 0.0435. The molecule has 0 radical (unpaired) electrons. The molecule has 2 atom stereocenters. The molecule has 2 unspecified atom stereocenters. The molecule has 1 saturated heterocycles. The van der Waals surface area contributed by atoms with Crippen LogP contribution in [0.3, 0.4) is 0 Å². The number of ether oxygens (including phenoxy) is 1. The average Bonchev–Trinajstić information content (AvgIpc) is 3.32. The first kappa shape index (κ1) is 25.0. The quantitative estimate of drug-likeness (QED) is 0.356. The van der Waals surface area contributed by atoms with Crippen molar-refractivity contribution in [1.82, 2.24) is 10.6 Å². The lowest BCUT2D eigenvalue weighted by atomic mass is 10.1. The Morgan fingerprint density at radius 1 is 1.00 bits per heavy atom. The number of halogens is 2. The van der Waals surface area contributed by atoms with Gasteiger partial charge < -0.3 is 15.4 Å². The van der Waals surface area contributed by atoms with Crippen LogP contribution < -0.4 is 16.0 Å². The minimum Gasteiger partial charge on any atom is -0.368 e. The van der Waals surface area contributed by atoms with Crippen LogP contribution in [0.2, 0.25) is 0 Å². The molecule has 1 fully saturated rings. The molecule has 35 heavy (non-hydrogen) atoms. The second-order valence-corrected chi connectivity index (χ2v) is 9.37. The minimum absolute atomic E-state index is 0.0762. The third kappa shape index (κ3) is 6.72. The Morgan fingerprint density at radius 3 is 2.49 bits per heavy atom. The molecule has 0 aliphatic carbocycles. The van der Waals surface area contributed by atoms with Gasteiger partial charge in [-0.05, 0) is 73.1 Å². The molecule has 4 rings (SSSR count). The van der Waals surface area contributed by atoms with Gasteiger partial charge in [0.2, 0.25) is 0 Å². The maximum absolute atomic E-state index is 13.2. The number of nitrogens with one attached hydrogen (secondary N) is 3. The van der Waals surface area contributed by atoms with Gasteiger partial charge in [0.25, 0.3) is 11.8 Å². The van der Waals surface area contributed by atoms with E-state index in [-0.39, 0.29) is 35.0 Å². The third-order valence-electron chi connectivity index (χ3n) is 5.58. The second kappa shape index (κ2) is 11.5. The van der Waals surface area contributed by atoms with Crippen LogP contribution in [-0.2, 0) is 4.74 Å². The fourth-order valence-electron chi connectivity index (χ4n) is 3.82. The van der Waals surface area contributed by atoms with E-state index in [4.69, 9.17) is 17.0 Å². The first-order chi connectivity index (χ1) is 16.9. The molecule has 3 N–H and O–H groups in total. The first-order valence-electron chi connectivity index (χ1n) is 11.0. The molecule has 0 saturated carbocycles. The highest BCUT2D eigenvalue weighted by atomic mass is 79.9. The Hall–Kier alpha value is -3.14. The molecular weight excluding hydrogens is 533 g/mol. The monoisotopic (exact) mass is 555 g/mol. The van der Waals surface area contributed by atoms with Gasteiger partial charge in [0, 0.05) is 16.6 Å². The molecule has 0 aromatic heterocycles. The Kier molecular flexibility index (Phi) is 8.22. The van der Waals surface area contributed by atoms with Gasteiger partial charge in [-0.1, -0.05) is 46.3 Å². The summed E-state index contributed by atoms with van der Waals surface area (Å²) in [5, 5.41) is 8.55. The predicted octanol–water partition coefficient (Wildman–Crippen LogP) is 5.37. The number of carbonyl (C=O) groups is 2. The van der Waals surface area contributed by atoms with Gasteiger partial charge in [0.05, 0.1) is 23.5 Å². The zero-order valence-electron chi connectivity index (χ0n) is 18.6. The van der Waals surface area contributed by atoms with Crippen molar-refractivity contribution in [3.63, 3.8) is 0 Å². The lowest BCUT2D eigenvalue weighted by Crippen LogP contribution is -2.36.